The van der Waals surface area contributed by atoms with E-state index in [9.17, 15) is 27.9 Å². The van der Waals surface area contributed by atoms with Crippen molar-refractivity contribution >= 4 is 22.7 Å². The van der Waals surface area contributed by atoms with Crippen molar-refractivity contribution < 1.29 is 37.3 Å². The summed E-state index contributed by atoms with van der Waals surface area (Å²) >= 11 is 1.06. The van der Waals surface area contributed by atoms with Gasteiger partial charge >= 0.3 is 6.36 Å². The maximum absolute atomic E-state index is 12.2. The van der Waals surface area contributed by atoms with Crippen molar-refractivity contribution in [3.8, 4) is 11.5 Å². The molecule has 2 aromatic rings. The molecular formula is C20H17F3O5S. The molecule has 5 nitrogen and oxygen atoms in total. The van der Waals surface area contributed by atoms with Gasteiger partial charge in [-0.2, -0.15) is 0 Å². The highest BCUT2D eigenvalue weighted by Crippen LogP contribution is 2.29. The molecule has 0 bridgehead atoms. The van der Waals surface area contributed by atoms with Crippen LogP contribution >= 0.6 is 11.8 Å². The molecule has 9 heteroatoms. The molecule has 154 valence electrons. The normalized spacial score (nSPS) is 18.0. The predicted molar refractivity (Wildman–Crippen MR) is 99.7 cm³/mol. The number of aliphatic hydroxyl groups excluding tert-OH is 1. The molecule has 1 unspecified atom stereocenters. The minimum Gasteiger partial charge on any atom is -0.491 e. The number of hydrogen-bond donors (Lipinski definition) is 1. The first-order valence-electron chi connectivity index (χ1n) is 8.67. The molecular weight excluding hydrogens is 409 g/mol. The number of alkyl halides is 3. The van der Waals surface area contributed by atoms with E-state index < -0.39 is 12.5 Å². The molecule has 0 spiro atoms. The minimum absolute atomic E-state index is 0.0161. The van der Waals surface area contributed by atoms with Gasteiger partial charge in [-0.1, -0.05) is 36.0 Å². The molecule has 0 aliphatic carbocycles. The summed E-state index contributed by atoms with van der Waals surface area (Å²) in [5, 5.41) is 9.69. The quantitative estimate of drug-likeness (QED) is 0.679. The van der Waals surface area contributed by atoms with Crippen LogP contribution in [0.2, 0.25) is 0 Å². The van der Waals surface area contributed by atoms with Gasteiger partial charge in [0.25, 0.3) is 0 Å². The highest BCUT2D eigenvalue weighted by Gasteiger charge is 2.32. The van der Waals surface area contributed by atoms with Crippen molar-refractivity contribution in [3.05, 3.63) is 59.7 Å². The van der Waals surface area contributed by atoms with Gasteiger partial charge in [0.05, 0.1) is 11.7 Å². The molecule has 2 atom stereocenters. The summed E-state index contributed by atoms with van der Waals surface area (Å²) < 4.78 is 45.8. The zero-order valence-corrected chi connectivity index (χ0v) is 15.8. The fourth-order valence-electron chi connectivity index (χ4n) is 2.78. The summed E-state index contributed by atoms with van der Waals surface area (Å²) in [6.07, 6.45) is -5.36. The minimum atomic E-state index is -4.77. The van der Waals surface area contributed by atoms with Gasteiger partial charge in [-0.3, -0.25) is 9.59 Å². The first-order valence-corrected chi connectivity index (χ1v) is 9.55. The molecule has 1 aliphatic heterocycles. The first kappa shape index (κ1) is 21.2. The van der Waals surface area contributed by atoms with Crippen LogP contribution in [0.15, 0.2) is 48.5 Å². The third-order valence-corrected chi connectivity index (χ3v) is 5.32. The Morgan fingerprint density at radius 1 is 1.03 bits per heavy atom. The third-order valence-electron chi connectivity index (χ3n) is 4.20. The Labute approximate surface area is 168 Å². The van der Waals surface area contributed by atoms with Crippen molar-refractivity contribution in [1.29, 1.82) is 0 Å². The molecule has 0 aromatic heterocycles. The number of rotatable bonds is 7. The third kappa shape index (κ3) is 6.23. The van der Waals surface area contributed by atoms with Crippen molar-refractivity contribution in [2.24, 2.45) is 0 Å². The molecule has 1 N–H and O–H groups in total. The Bertz CT molecular complexity index is 865. The van der Waals surface area contributed by atoms with Crippen LogP contribution in [-0.4, -0.2) is 34.2 Å². The number of hydrogen-bond acceptors (Lipinski definition) is 6. The topological polar surface area (TPSA) is 72.8 Å². The van der Waals surface area contributed by atoms with Crippen LogP contribution in [-0.2, 0) is 16.0 Å². The molecule has 3 rings (SSSR count). The van der Waals surface area contributed by atoms with Crippen LogP contribution < -0.4 is 9.47 Å². The van der Waals surface area contributed by atoms with E-state index in [2.05, 4.69) is 4.74 Å². The number of carbonyl (C=O) groups excluding carboxylic acids is 2. The lowest BCUT2D eigenvalue weighted by Crippen LogP contribution is -2.17. The Morgan fingerprint density at radius 3 is 2.21 bits per heavy atom. The van der Waals surface area contributed by atoms with E-state index >= 15 is 0 Å². The van der Waals surface area contributed by atoms with Gasteiger partial charge < -0.3 is 14.6 Å². The Balaban J connectivity index is 1.50. The largest absolute Gasteiger partial charge is 0.573 e. The Kier molecular flexibility index (Phi) is 6.49. The average Bonchev–Trinajstić information content (AvgIpc) is 2.97. The van der Waals surface area contributed by atoms with Gasteiger partial charge in [-0.15, -0.1) is 13.2 Å². The van der Waals surface area contributed by atoms with E-state index in [1.165, 1.54) is 12.1 Å². The van der Waals surface area contributed by atoms with Crippen molar-refractivity contribution in [2.75, 3.05) is 6.61 Å². The fraction of sp³-hybridized carbons (Fsp3) is 0.300. The molecule has 0 amide bonds. The molecule has 0 radical (unpaired) electrons. The number of Topliss-reactive ketones (excluding diaryl/α,β-unsaturated/α-hetero) is 1. The number of ketones is 1. The van der Waals surface area contributed by atoms with E-state index in [-0.39, 0.29) is 34.9 Å². The van der Waals surface area contributed by atoms with Gasteiger partial charge in [-0.25, -0.2) is 0 Å². The highest BCUT2D eigenvalue weighted by atomic mass is 32.2. The van der Waals surface area contributed by atoms with Gasteiger partial charge in [0, 0.05) is 0 Å². The number of halogens is 3. The summed E-state index contributed by atoms with van der Waals surface area (Å²) in [5.41, 5.74) is 1.27. The van der Waals surface area contributed by atoms with Crippen LogP contribution in [0.25, 0.3) is 0 Å². The number of ether oxygens (including phenoxy) is 2. The summed E-state index contributed by atoms with van der Waals surface area (Å²) in [5.74, 6) is 0.0620. The van der Waals surface area contributed by atoms with E-state index in [1.54, 1.807) is 24.3 Å². The van der Waals surface area contributed by atoms with Crippen molar-refractivity contribution in [3.63, 3.8) is 0 Å². The van der Waals surface area contributed by atoms with Crippen LogP contribution in [0.5, 0.6) is 11.5 Å². The van der Waals surface area contributed by atoms with E-state index in [4.69, 9.17) is 4.74 Å². The summed E-state index contributed by atoms with van der Waals surface area (Å²) in [6, 6.07) is 11.8. The number of carbonyl (C=O) groups is 2. The van der Waals surface area contributed by atoms with Crippen molar-refractivity contribution in [2.45, 2.75) is 30.6 Å². The van der Waals surface area contributed by atoms with E-state index in [0.29, 0.717) is 17.7 Å². The molecule has 0 saturated carbocycles. The van der Waals surface area contributed by atoms with Crippen LogP contribution in [0.4, 0.5) is 13.2 Å². The molecule has 1 saturated heterocycles. The Hall–Kier alpha value is -2.52. The maximum atomic E-state index is 12.2. The number of benzene rings is 2. The molecule has 1 heterocycles. The molecule has 1 aliphatic rings. The number of thioether (sulfide) groups is 1. The van der Waals surface area contributed by atoms with Crippen LogP contribution in [0.3, 0.4) is 0 Å². The zero-order valence-electron chi connectivity index (χ0n) is 15.0. The second kappa shape index (κ2) is 8.87. The zero-order chi connectivity index (χ0) is 21.0. The second-order valence-corrected chi connectivity index (χ2v) is 7.67. The van der Waals surface area contributed by atoms with Gasteiger partial charge in [0.15, 0.2) is 10.9 Å². The van der Waals surface area contributed by atoms with Crippen LogP contribution in [0.1, 0.15) is 23.7 Å². The lowest BCUT2D eigenvalue weighted by atomic mass is 10.1. The average molecular weight is 426 g/mol. The van der Waals surface area contributed by atoms with Crippen molar-refractivity contribution in [1.82, 2.24) is 0 Å². The summed E-state index contributed by atoms with van der Waals surface area (Å²) in [7, 11) is 0. The Morgan fingerprint density at radius 2 is 1.66 bits per heavy atom. The molecule has 2 aromatic carbocycles. The van der Waals surface area contributed by atoms with E-state index in [0.717, 1.165) is 29.5 Å². The monoisotopic (exact) mass is 426 g/mol. The van der Waals surface area contributed by atoms with Crippen LogP contribution in [0, 0.1) is 0 Å². The lowest BCUT2D eigenvalue weighted by Gasteiger charge is -2.14. The smallest absolute Gasteiger partial charge is 0.491 e. The standard InChI is InChI=1S/C20H17F3O5S/c21-20(22,23)28-15-7-3-13(4-8-15)17(25)11-27-14-5-1-12(2-6-14)9-18-16(24)10-19(26)29-18/h1-8,17-18,25H,9-11H2/t17-,18?/m0/s1. The van der Waals surface area contributed by atoms with Gasteiger partial charge in [-0.05, 0) is 41.8 Å². The fourth-order valence-corrected chi connectivity index (χ4v) is 3.81. The van der Waals surface area contributed by atoms with Gasteiger partial charge in [0.1, 0.15) is 24.2 Å². The summed E-state index contributed by atoms with van der Waals surface area (Å²) in [4.78, 5) is 23.0. The molecule has 29 heavy (non-hydrogen) atoms. The first-order chi connectivity index (χ1) is 13.7. The maximum Gasteiger partial charge on any atom is 0.573 e. The SMILES string of the molecule is O=C1CC(=O)C(Cc2ccc(OC[C@H](O)c3ccc(OC(F)(F)F)cc3)cc2)S1. The number of aliphatic hydroxyl groups is 1. The van der Waals surface area contributed by atoms with E-state index in [1.807, 2.05) is 0 Å². The molecule has 1 fully saturated rings. The van der Waals surface area contributed by atoms with Gasteiger partial charge in [0.2, 0.25) is 0 Å². The lowest BCUT2D eigenvalue weighted by molar-refractivity contribution is -0.274. The summed E-state index contributed by atoms with van der Waals surface area (Å²) in [6.45, 7) is -0.0930. The second-order valence-electron chi connectivity index (χ2n) is 6.41. The predicted octanol–water partition coefficient (Wildman–Crippen LogP) is 3.84. The highest BCUT2D eigenvalue weighted by molar-refractivity contribution is 8.15.